The molecule has 2 nitrogen and oxygen atoms in total. The van der Waals surface area contributed by atoms with Gasteiger partial charge < -0.3 is 4.90 Å². The van der Waals surface area contributed by atoms with Crippen molar-refractivity contribution in [3.63, 3.8) is 0 Å². The van der Waals surface area contributed by atoms with Crippen molar-refractivity contribution in [1.29, 1.82) is 0 Å². The lowest BCUT2D eigenvalue weighted by Crippen LogP contribution is -2.34. The van der Waals surface area contributed by atoms with Gasteiger partial charge in [-0.25, -0.2) is 4.39 Å². The minimum Gasteiger partial charge on any atom is -0.367 e. The minimum atomic E-state index is -0.237. The van der Waals surface area contributed by atoms with Crippen LogP contribution in [0.25, 0.3) is 0 Å². The standard InChI is InChI=1S/C11H11BrFNO/c12-9-2-1-3-10(13)11(9)14-6-4-8(15)5-7-14/h1-3H,4-7H2. The lowest BCUT2D eigenvalue weighted by Gasteiger charge is -2.29. The summed E-state index contributed by atoms with van der Waals surface area (Å²) < 4.78 is 14.3. The zero-order chi connectivity index (χ0) is 10.8. The molecule has 15 heavy (non-hydrogen) atoms. The summed E-state index contributed by atoms with van der Waals surface area (Å²) in [4.78, 5) is 13.0. The Balaban J connectivity index is 2.26. The topological polar surface area (TPSA) is 20.3 Å². The van der Waals surface area contributed by atoms with Gasteiger partial charge in [-0.05, 0) is 28.1 Å². The predicted molar refractivity (Wildman–Crippen MR) is 60.6 cm³/mol. The van der Waals surface area contributed by atoms with Crippen molar-refractivity contribution < 1.29 is 9.18 Å². The molecule has 80 valence electrons. The molecule has 0 N–H and O–H groups in total. The zero-order valence-electron chi connectivity index (χ0n) is 8.17. The second-order valence-corrected chi connectivity index (χ2v) is 4.45. The Labute approximate surface area is 96.2 Å². The molecule has 1 aliphatic rings. The third-order valence-electron chi connectivity index (χ3n) is 2.57. The van der Waals surface area contributed by atoms with Crippen molar-refractivity contribution in [1.82, 2.24) is 0 Å². The molecule has 0 aromatic heterocycles. The Morgan fingerprint density at radius 1 is 1.27 bits per heavy atom. The highest BCUT2D eigenvalue weighted by Gasteiger charge is 2.20. The Morgan fingerprint density at radius 2 is 1.93 bits per heavy atom. The summed E-state index contributed by atoms with van der Waals surface area (Å²) in [5.74, 6) is 0.0254. The summed E-state index contributed by atoms with van der Waals surface area (Å²) >= 11 is 3.33. The van der Waals surface area contributed by atoms with Gasteiger partial charge in [0.1, 0.15) is 11.6 Å². The number of anilines is 1. The van der Waals surface area contributed by atoms with E-state index >= 15 is 0 Å². The molecule has 0 aliphatic carbocycles. The normalized spacial score (nSPS) is 16.9. The van der Waals surface area contributed by atoms with E-state index in [0.29, 0.717) is 31.6 Å². The van der Waals surface area contributed by atoms with Crippen LogP contribution in [-0.4, -0.2) is 18.9 Å². The van der Waals surface area contributed by atoms with E-state index in [1.807, 2.05) is 11.0 Å². The molecule has 0 saturated carbocycles. The highest BCUT2D eigenvalue weighted by Crippen LogP contribution is 2.30. The van der Waals surface area contributed by atoms with E-state index in [9.17, 15) is 9.18 Å². The zero-order valence-corrected chi connectivity index (χ0v) is 9.76. The largest absolute Gasteiger partial charge is 0.367 e. The number of rotatable bonds is 1. The molecule has 1 fully saturated rings. The van der Waals surface area contributed by atoms with Crippen molar-refractivity contribution in [2.45, 2.75) is 12.8 Å². The van der Waals surface area contributed by atoms with Gasteiger partial charge in [-0.1, -0.05) is 6.07 Å². The van der Waals surface area contributed by atoms with Gasteiger partial charge in [-0.3, -0.25) is 4.79 Å². The van der Waals surface area contributed by atoms with Gasteiger partial charge in [0, 0.05) is 30.4 Å². The van der Waals surface area contributed by atoms with Crippen LogP contribution in [0.2, 0.25) is 0 Å². The van der Waals surface area contributed by atoms with Crippen molar-refractivity contribution in [2.75, 3.05) is 18.0 Å². The summed E-state index contributed by atoms with van der Waals surface area (Å²) in [6.07, 6.45) is 1.03. The summed E-state index contributed by atoms with van der Waals surface area (Å²) in [5.41, 5.74) is 0.574. The molecule has 0 radical (unpaired) electrons. The Kier molecular flexibility index (Phi) is 3.05. The van der Waals surface area contributed by atoms with Crippen LogP contribution >= 0.6 is 15.9 Å². The highest BCUT2D eigenvalue weighted by molar-refractivity contribution is 9.10. The van der Waals surface area contributed by atoms with E-state index in [2.05, 4.69) is 15.9 Å². The van der Waals surface area contributed by atoms with Crippen LogP contribution in [0.5, 0.6) is 0 Å². The van der Waals surface area contributed by atoms with Crippen LogP contribution in [0, 0.1) is 5.82 Å². The number of hydrogen-bond acceptors (Lipinski definition) is 2. The first kappa shape index (κ1) is 10.6. The SMILES string of the molecule is O=C1CCN(c2c(F)cccc2Br)CC1. The third kappa shape index (κ3) is 2.20. The van der Waals surface area contributed by atoms with Gasteiger partial charge in [0.05, 0.1) is 5.69 Å². The van der Waals surface area contributed by atoms with Gasteiger partial charge in [0.25, 0.3) is 0 Å². The lowest BCUT2D eigenvalue weighted by atomic mass is 10.1. The highest BCUT2D eigenvalue weighted by atomic mass is 79.9. The second-order valence-electron chi connectivity index (χ2n) is 3.60. The van der Waals surface area contributed by atoms with Gasteiger partial charge in [0.15, 0.2) is 0 Å². The molecular weight excluding hydrogens is 261 g/mol. The first-order chi connectivity index (χ1) is 7.18. The molecule has 0 amide bonds. The summed E-state index contributed by atoms with van der Waals surface area (Å²) in [6.45, 7) is 1.22. The van der Waals surface area contributed by atoms with E-state index in [4.69, 9.17) is 0 Å². The molecule has 4 heteroatoms. The Morgan fingerprint density at radius 3 is 2.53 bits per heavy atom. The summed E-state index contributed by atoms with van der Waals surface area (Å²) in [5, 5.41) is 0. The summed E-state index contributed by atoms with van der Waals surface area (Å²) in [7, 11) is 0. The number of ketones is 1. The monoisotopic (exact) mass is 271 g/mol. The minimum absolute atomic E-state index is 0.237. The Hall–Kier alpha value is -0.900. The molecule has 0 spiro atoms. The number of para-hydroxylation sites is 1. The molecule has 0 bridgehead atoms. The fraction of sp³-hybridized carbons (Fsp3) is 0.364. The predicted octanol–water partition coefficient (Wildman–Crippen LogP) is 2.76. The van der Waals surface area contributed by atoms with Gasteiger partial charge >= 0.3 is 0 Å². The molecule has 1 aromatic rings. The van der Waals surface area contributed by atoms with Gasteiger partial charge in [0.2, 0.25) is 0 Å². The van der Waals surface area contributed by atoms with Crippen molar-refractivity contribution in [3.8, 4) is 0 Å². The quantitative estimate of drug-likeness (QED) is 0.783. The van der Waals surface area contributed by atoms with E-state index in [0.717, 1.165) is 4.47 Å². The fourth-order valence-electron chi connectivity index (χ4n) is 1.77. The molecule has 1 saturated heterocycles. The molecule has 1 heterocycles. The fourth-order valence-corrected chi connectivity index (χ4v) is 2.36. The van der Waals surface area contributed by atoms with Gasteiger partial charge in [-0.15, -0.1) is 0 Å². The first-order valence-corrected chi connectivity index (χ1v) is 5.68. The number of nitrogens with zero attached hydrogens (tertiary/aromatic N) is 1. The lowest BCUT2D eigenvalue weighted by molar-refractivity contribution is -0.119. The van der Waals surface area contributed by atoms with Crippen LogP contribution in [0.15, 0.2) is 22.7 Å². The van der Waals surface area contributed by atoms with E-state index in [-0.39, 0.29) is 11.6 Å². The van der Waals surface area contributed by atoms with Crippen LogP contribution in [0.1, 0.15) is 12.8 Å². The van der Waals surface area contributed by atoms with Crippen LogP contribution in [0.3, 0.4) is 0 Å². The van der Waals surface area contributed by atoms with Crippen LogP contribution in [0.4, 0.5) is 10.1 Å². The smallest absolute Gasteiger partial charge is 0.147 e. The van der Waals surface area contributed by atoms with E-state index < -0.39 is 0 Å². The molecule has 1 aromatic carbocycles. The second kappa shape index (κ2) is 4.31. The number of carbonyl (C=O) groups is 1. The Bertz CT molecular complexity index is 364. The molecule has 0 atom stereocenters. The van der Waals surface area contributed by atoms with Crippen molar-refractivity contribution >= 4 is 27.4 Å². The number of piperidine rings is 1. The van der Waals surface area contributed by atoms with Crippen molar-refractivity contribution in [3.05, 3.63) is 28.5 Å². The number of Topliss-reactive ketones (excluding diaryl/α,β-unsaturated/α-hetero) is 1. The summed E-state index contributed by atoms with van der Waals surface area (Å²) in [6, 6.07) is 4.92. The average molecular weight is 272 g/mol. The third-order valence-corrected chi connectivity index (χ3v) is 3.21. The molecule has 1 aliphatic heterocycles. The van der Waals surface area contributed by atoms with E-state index in [1.54, 1.807) is 6.07 Å². The molecule has 0 unspecified atom stereocenters. The number of hydrogen-bond donors (Lipinski definition) is 0. The average Bonchev–Trinajstić information content (AvgIpc) is 2.20. The van der Waals surface area contributed by atoms with Gasteiger partial charge in [-0.2, -0.15) is 0 Å². The van der Waals surface area contributed by atoms with E-state index in [1.165, 1.54) is 6.07 Å². The number of carbonyl (C=O) groups excluding carboxylic acids is 1. The maximum Gasteiger partial charge on any atom is 0.147 e. The molecule has 2 rings (SSSR count). The number of benzene rings is 1. The van der Waals surface area contributed by atoms with Crippen molar-refractivity contribution in [2.24, 2.45) is 0 Å². The maximum atomic E-state index is 13.6. The van der Waals surface area contributed by atoms with Crippen LogP contribution in [-0.2, 0) is 4.79 Å². The van der Waals surface area contributed by atoms with Crippen LogP contribution < -0.4 is 4.90 Å². The molecular formula is C11H11BrFNO. The first-order valence-electron chi connectivity index (χ1n) is 4.89. The number of halogens is 2. The maximum absolute atomic E-state index is 13.6.